The first-order chi connectivity index (χ1) is 10.1. The largest absolute Gasteiger partial charge is 0.388 e. The molecule has 0 aliphatic heterocycles. The number of fused-ring (bicyclic) bond motifs is 1. The van der Waals surface area contributed by atoms with E-state index >= 15 is 0 Å². The van der Waals surface area contributed by atoms with E-state index in [4.69, 9.17) is 0 Å². The van der Waals surface area contributed by atoms with Crippen molar-refractivity contribution in [1.29, 1.82) is 0 Å². The fourth-order valence-electron chi connectivity index (χ4n) is 2.75. The van der Waals surface area contributed by atoms with Crippen molar-refractivity contribution >= 4 is 10.8 Å². The highest BCUT2D eigenvalue weighted by Crippen LogP contribution is 2.25. The molecule has 0 aliphatic carbocycles. The van der Waals surface area contributed by atoms with E-state index in [2.05, 4.69) is 12.1 Å². The van der Waals surface area contributed by atoms with Gasteiger partial charge in [0.05, 0.1) is 6.10 Å². The highest BCUT2D eigenvalue weighted by molar-refractivity contribution is 5.85. The maximum Gasteiger partial charge on any atom is 0.123 e. The Morgan fingerprint density at radius 3 is 2.57 bits per heavy atom. The zero-order chi connectivity index (χ0) is 14.8. The van der Waals surface area contributed by atoms with Crippen LogP contribution in [0.25, 0.3) is 10.8 Å². The van der Waals surface area contributed by atoms with Crippen molar-refractivity contribution in [2.75, 3.05) is 0 Å². The maximum atomic E-state index is 13.5. The Morgan fingerprint density at radius 2 is 1.76 bits per heavy atom. The molecule has 21 heavy (non-hydrogen) atoms. The zero-order valence-corrected chi connectivity index (χ0v) is 11.9. The number of rotatable bonds is 3. The van der Waals surface area contributed by atoms with Crippen LogP contribution in [0.5, 0.6) is 0 Å². The average molecular weight is 280 g/mol. The summed E-state index contributed by atoms with van der Waals surface area (Å²) in [4.78, 5) is 0. The maximum absolute atomic E-state index is 13.5. The Kier molecular flexibility index (Phi) is 3.72. The summed E-state index contributed by atoms with van der Waals surface area (Å²) in [7, 11) is 0. The predicted molar refractivity (Wildman–Crippen MR) is 83.7 cm³/mol. The average Bonchev–Trinajstić information content (AvgIpc) is 2.46. The minimum atomic E-state index is -0.704. The van der Waals surface area contributed by atoms with Gasteiger partial charge in [0, 0.05) is 6.42 Å². The van der Waals surface area contributed by atoms with E-state index in [-0.39, 0.29) is 5.82 Å². The predicted octanol–water partition coefficient (Wildman–Crippen LogP) is 4.56. The molecule has 106 valence electrons. The molecule has 3 aromatic rings. The lowest BCUT2D eigenvalue weighted by Gasteiger charge is -2.14. The van der Waals surface area contributed by atoms with E-state index in [9.17, 15) is 9.50 Å². The Morgan fingerprint density at radius 1 is 1.00 bits per heavy atom. The molecule has 0 radical (unpaired) electrons. The van der Waals surface area contributed by atoms with Gasteiger partial charge in [-0.05, 0) is 46.5 Å². The van der Waals surface area contributed by atoms with Gasteiger partial charge in [-0.3, -0.25) is 0 Å². The van der Waals surface area contributed by atoms with Gasteiger partial charge in [0.25, 0.3) is 0 Å². The quantitative estimate of drug-likeness (QED) is 0.745. The van der Waals surface area contributed by atoms with Crippen LogP contribution in [-0.4, -0.2) is 5.11 Å². The Bertz CT molecular complexity index is 754. The molecule has 3 rings (SSSR count). The van der Waals surface area contributed by atoms with Gasteiger partial charge in [0.15, 0.2) is 0 Å². The monoisotopic (exact) mass is 280 g/mol. The third-order valence-corrected chi connectivity index (χ3v) is 3.74. The molecule has 0 heterocycles. The van der Waals surface area contributed by atoms with Crippen molar-refractivity contribution < 1.29 is 9.50 Å². The highest BCUT2D eigenvalue weighted by Gasteiger charge is 2.12. The normalized spacial score (nSPS) is 12.5. The van der Waals surface area contributed by atoms with E-state index in [1.54, 1.807) is 0 Å². The van der Waals surface area contributed by atoms with E-state index in [1.165, 1.54) is 12.1 Å². The van der Waals surface area contributed by atoms with Crippen LogP contribution in [0.4, 0.5) is 4.39 Å². The molecule has 0 saturated carbocycles. The van der Waals surface area contributed by atoms with E-state index < -0.39 is 6.10 Å². The van der Waals surface area contributed by atoms with Crippen LogP contribution in [0.15, 0.2) is 60.7 Å². The van der Waals surface area contributed by atoms with Crippen molar-refractivity contribution in [3.63, 3.8) is 0 Å². The fraction of sp³-hybridized carbons (Fsp3) is 0.158. The molecule has 1 atom stereocenters. The lowest BCUT2D eigenvalue weighted by atomic mass is 9.96. The Hall–Kier alpha value is -2.19. The Labute approximate surface area is 123 Å². The number of aryl methyl sites for hydroxylation is 1. The topological polar surface area (TPSA) is 20.2 Å². The first kappa shape index (κ1) is 13.8. The molecule has 0 aromatic heterocycles. The van der Waals surface area contributed by atoms with Gasteiger partial charge in [-0.1, -0.05) is 48.5 Å². The molecule has 2 heteroatoms. The van der Waals surface area contributed by atoms with Gasteiger partial charge in [0.2, 0.25) is 0 Å². The SMILES string of the molecule is Cc1cc(F)cc(C(O)Cc2cccc3ccccc23)c1. The van der Waals surface area contributed by atoms with Crippen molar-refractivity contribution in [2.24, 2.45) is 0 Å². The number of hydrogen-bond donors (Lipinski definition) is 1. The lowest BCUT2D eigenvalue weighted by Crippen LogP contribution is -2.03. The molecule has 0 amide bonds. The van der Waals surface area contributed by atoms with Crippen molar-refractivity contribution in [3.05, 3.63) is 83.2 Å². The smallest absolute Gasteiger partial charge is 0.123 e. The second kappa shape index (κ2) is 5.66. The summed E-state index contributed by atoms with van der Waals surface area (Å²) in [6.45, 7) is 1.83. The van der Waals surface area contributed by atoms with Crippen LogP contribution < -0.4 is 0 Å². The van der Waals surface area contributed by atoms with Crippen LogP contribution in [0, 0.1) is 12.7 Å². The number of halogens is 1. The molecule has 1 N–H and O–H groups in total. The second-order valence-electron chi connectivity index (χ2n) is 5.42. The Balaban J connectivity index is 1.94. The third kappa shape index (κ3) is 2.96. The van der Waals surface area contributed by atoms with E-state index in [0.717, 1.165) is 21.9 Å². The van der Waals surface area contributed by atoms with Gasteiger partial charge in [-0.25, -0.2) is 4.39 Å². The molecule has 1 nitrogen and oxygen atoms in total. The van der Waals surface area contributed by atoms with Crippen LogP contribution in [-0.2, 0) is 6.42 Å². The molecule has 0 aliphatic rings. The number of aliphatic hydroxyl groups excluding tert-OH is 1. The molecular formula is C19H17FO. The summed E-state index contributed by atoms with van der Waals surface area (Å²) < 4.78 is 13.5. The summed E-state index contributed by atoms with van der Waals surface area (Å²) in [5.41, 5.74) is 2.52. The first-order valence-electron chi connectivity index (χ1n) is 7.05. The van der Waals surface area contributed by atoms with E-state index in [1.807, 2.05) is 43.3 Å². The van der Waals surface area contributed by atoms with Gasteiger partial charge in [-0.2, -0.15) is 0 Å². The minimum Gasteiger partial charge on any atom is -0.388 e. The zero-order valence-electron chi connectivity index (χ0n) is 11.9. The van der Waals surface area contributed by atoms with Crippen LogP contribution in [0.1, 0.15) is 22.8 Å². The molecule has 0 fully saturated rings. The van der Waals surface area contributed by atoms with Gasteiger partial charge >= 0.3 is 0 Å². The second-order valence-corrected chi connectivity index (χ2v) is 5.42. The standard InChI is InChI=1S/C19H17FO/c1-13-9-16(11-17(20)10-13)19(21)12-15-7-4-6-14-5-2-3-8-18(14)15/h2-11,19,21H,12H2,1H3. The summed E-state index contributed by atoms with van der Waals surface area (Å²) in [6.07, 6.45) is -0.227. The van der Waals surface area contributed by atoms with Crippen LogP contribution in [0.3, 0.4) is 0 Å². The molecule has 3 aromatic carbocycles. The number of benzene rings is 3. The summed E-state index contributed by atoms with van der Waals surface area (Å²) in [5.74, 6) is -0.304. The number of hydrogen-bond acceptors (Lipinski definition) is 1. The summed E-state index contributed by atoms with van der Waals surface area (Å²) in [5, 5.41) is 12.7. The van der Waals surface area contributed by atoms with Crippen LogP contribution >= 0.6 is 0 Å². The molecule has 0 saturated heterocycles. The number of aliphatic hydroxyl groups is 1. The molecule has 0 bridgehead atoms. The summed E-state index contributed by atoms with van der Waals surface area (Å²) >= 11 is 0. The van der Waals surface area contributed by atoms with Gasteiger partial charge in [0.1, 0.15) is 5.82 Å². The summed E-state index contributed by atoms with van der Waals surface area (Å²) in [6, 6.07) is 18.8. The van der Waals surface area contributed by atoms with Crippen molar-refractivity contribution in [1.82, 2.24) is 0 Å². The third-order valence-electron chi connectivity index (χ3n) is 3.74. The highest BCUT2D eigenvalue weighted by atomic mass is 19.1. The van der Waals surface area contributed by atoms with Crippen molar-refractivity contribution in [3.8, 4) is 0 Å². The van der Waals surface area contributed by atoms with Gasteiger partial charge in [-0.15, -0.1) is 0 Å². The molecular weight excluding hydrogens is 263 g/mol. The van der Waals surface area contributed by atoms with Crippen molar-refractivity contribution in [2.45, 2.75) is 19.4 Å². The van der Waals surface area contributed by atoms with E-state index in [0.29, 0.717) is 12.0 Å². The van der Waals surface area contributed by atoms with Gasteiger partial charge < -0.3 is 5.11 Å². The van der Waals surface area contributed by atoms with Crippen LogP contribution in [0.2, 0.25) is 0 Å². The fourth-order valence-corrected chi connectivity index (χ4v) is 2.75. The minimum absolute atomic E-state index is 0.304. The first-order valence-corrected chi connectivity index (χ1v) is 7.05. The molecule has 1 unspecified atom stereocenters. The molecule has 0 spiro atoms. The lowest BCUT2D eigenvalue weighted by molar-refractivity contribution is 0.178.